The lowest BCUT2D eigenvalue weighted by molar-refractivity contribution is 0.249. The van der Waals surface area contributed by atoms with Gasteiger partial charge in [0.2, 0.25) is 0 Å². The largest absolute Gasteiger partial charge is 0.338 e. The zero-order chi connectivity index (χ0) is 20.2. The number of rotatable bonds is 5. The van der Waals surface area contributed by atoms with Crippen LogP contribution in [-0.2, 0) is 0 Å². The molecule has 0 fully saturated rings. The van der Waals surface area contributed by atoms with E-state index in [4.69, 9.17) is 0 Å². The Labute approximate surface area is 167 Å². The average molecular weight is 387 g/mol. The number of nitrogens with one attached hydrogen (secondary N) is 4. The lowest BCUT2D eigenvalue weighted by Crippen LogP contribution is -2.31. The third kappa shape index (κ3) is 4.32. The molecule has 0 bridgehead atoms. The number of anilines is 3. The predicted molar refractivity (Wildman–Crippen MR) is 113 cm³/mol. The molecule has 2 amide bonds. The number of amides is 2. The third-order valence-corrected chi connectivity index (χ3v) is 4.50. The number of benzene rings is 1. The molecule has 1 aromatic carbocycles. The first-order valence-corrected chi connectivity index (χ1v) is 9.25. The molecule has 1 unspecified atom stereocenters. The molecular formula is C21H21N7O. The van der Waals surface area contributed by atoms with Crippen LogP contribution in [0.5, 0.6) is 0 Å². The van der Waals surface area contributed by atoms with Gasteiger partial charge in [-0.1, -0.05) is 30.3 Å². The standard InChI is InChI=1S/C21H21N7O/c1-13-10-16(8-9-22-13)25-20-17-12-23-19(11-18(17)27-28-20)26-21(29)24-14(2)15-6-4-3-5-7-15/h3-12,14H,1-2H3,(H2,22,25,27,28)(H2,23,24,26,29). The zero-order valence-corrected chi connectivity index (χ0v) is 16.1. The molecule has 0 saturated carbocycles. The minimum atomic E-state index is -0.321. The SMILES string of the molecule is Cc1cc(Nc2n[nH]c3cc(NC(=O)NC(C)c4ccccc4)ncc23)ccn1. The molecule has 29 heavy (non-hydrogen) atoms. The summed E-state index contributed by atoms with van der Waals surface area (Å²) in [4.78, 5) is 20.8. The third-order valence-electron chi connectivity index (χ3n) is 4.50. The Morgan fingerprint density at radius 1 is 1.10 bits per heavy atom. The summed E-state index contributed by atoms with van der Waals surface area (Å²) in [7, 11) is 0. The van der Waals surface area contributed by atoms with Crippen molar-refractivity contribution in [3.05, 3.63) is 72.2 Å². The summed E-state index contributed by atoms with van der Waals surface area (Å²) in [6.45, 7) is 3.86. The molecule has 0 aliphatic heterocycles. The van der Waals surface area contributed by atoms with Crippen LogP contribution in [-0.4, -0.2) is 26.2 Å². The minimum absolute atomic E-state index is 0.119. The molecule has 4 rings (SSSR count). The van der Waals surface area contributed by atoms with Crippen LogP contribution in [0.1, 0.15) is 24.2 Å². The van der Waals surface area contributed by atoms with Gasteiger partial charge in [0.25, 0.3) is 0 Å². The van der Waals surface area contributed by atoms with E-state index in [1.165, 1.54) is 0 Å². The molecule has 4 aromatic rings. The first-order chi connectivity index (χ1) is 14.1. The Kier molecular flexibility index (Phi) is 5.07. The van der Waals surface area contributed by atoms with Crippen LogP contribution >= 0.6 is 0 Å². The fourth-order valence-electron chi connectivity index (χ4n) is 3.01. The number of aryl methyl sites for hydroxylation is 1. The molecule has 8 nitrogen and oxygen atoms in total. The van der Waals surface area contributed by atoms with Gasteiger partial charge in [-0.05, 0) is 31.5 Å². The number of aromatic nitrogens is 4. The van der Waals surface area contributed by atoms with Gasteiger partial charge in [-0.15, -0.1) is 0 Å². The maximum Gasteiger partial charge on any atom is 0.320 e. The maximum absolute atomic E-state index is 12.3. The lowest BCUT2D eigenvalue weighted by atomic mass is 10.1. The van der Waals surface area contributed by atoms with E-state index < -0.39 is 0 Å². The molecule has 1 atom stereocenters. The number of carbonyl (C=O) groups is 1. The van der Waals surface area contributed by atoms with Crippen molar-refractivity contribution in [3.8, 4) is 0 Å². The molecule has 4 N–H and O–H groups in total. The molecule has 146 valence electrons. The van der Waals surface area contributed by atoms with Gasteiger partial charge in [-0.3, -0.25) is 15.4 Å². The van der Waals surface area contributed by atoms with Crippen molar-refractivity contribution in [3.63, 3.8) is 0 Å². The summed E-state index contributed by atoms with van der Waals surface area (Å²) >= 11 is 0. The molecule has 3 aromatic heterocycles. The average Bonchev–Trinajstić information content (AvgIpc) is 3.10. The van der Waals surface area contributed by atoms with E-state index in [9.17, 15) is 4.79 Å². The number of fused-ring (bicyclic) bond motifs is 1. The number of nitrogens with zero attached hydrogens (tertiary/aromatic N) is 3. The molecule has 3 heterocycles. The van der Waals surface area contributed by atoms with Crippen molar-refractivity contribution in [1.29, 1.82) is 0 Å². The van der Waals surface area contributed by atoms with Crippen molar-refractivity contribution >= 4 is 34.3 Å². The van der Waals surface area contributed by atoms with E-state index >= 15 is 0 Å². The second-order valence-electron chi connectivity index (χ2n) is 6.73. The van der Waals surface area contributed by atoms with Gasteiger partial charge in [-0.2, -0.15) is 5.10 Å². The van der Waals surface area contributed by atoms with Gasteiger partial charge >= 0.3 is 6.03 Å². The monoisotopic (exact) mass is 387 g/mol. The van der Waals surface area contributed by atoms with Crippen molar-refractivity contribution in [1.82, 2.24) is 25.5 Å². The normalized spacial score (nSPS) is 11.8. The van der Waals surface area contributed by atoms with E-state index in [0.29, 0.717) is 11.6 Å². The molecule has 0 aliphatic rings. The van der Waals surface area contributed by atoms with Gasteiger partial charge < -0.3 is 10.6 Å². The number of urea groups is 1. The Bertz CT molecular complexity index is 1140. The number of carbonyl (C=O) groups excluding carboxylic acids is 1. The highest BCUT2D eigenvalue weighted by molar-refractivity contribution is 5.95. The smallest absolute Gasteiger partial charge is 0.320 e. The topological polar surface area (TPSA) is 108 Å². The summed E-state index contributed by atoms with van der Waals surface area (Å²) in [6.07, 6.45) is 3.41. The molecule has 0 spiro atoms. The highest BCUT2D eigenvalue weighted by Gasteiger charge is 2.12. The number of hydrogen-bond acceptors (Lipinski definition) is 5. The molecule has 0 radical (unpaired) electrons. The number of hydrogen-bond donors (Lipinski definition) is 4. The summed E-state index contributed by atoms with van der Waals surface area (Å²) in [5, 5.41) is 17.0. The van der Waals surface area contributed by atoms with Crippen LogP contribution in [0.3, 0.4) is 0 Å². The van der Waals surface area contributed by atoms with Crippen molar-refractivity contribution in [2.75, 3.05) is 10.6 Å². The number of aromatic amines is 1. The first-order valence-electron chi connectivity index (χ1n) is 9.25. The Morgan fingerprint density at radius 3 is 2.72 bits per heavy atom. The summed E-state index contributed by atoms with van der Waals surface area (Å²) < 4.78 is 0. The van der Waals surface area contributed by atoms with Gasteiger partial charge in [-0.25, -0.2) is 9.78 Å². The van der Waals surface area contributed by atoms with Crippen LogP contribution in [0.4, 0.5) is 22.1 Å². The quantitative estimate of drug-likeness (QED) is 0.409. The fourth-order valence-corrected chi connectivity index (χ4v) is 3.01. The summed E-state index contributed by atoms with van der Waals surface area (Å²) in [5.41, 5.74) is 3.60. The lowest BCUT2D eigenvalue weighted by Gasteiger charge is -2.14. The summed E-state index contributed by atoms with van der Waals surface area (Å²) in [5.74, 6) is 1.09. The molecule has 8 heteroatoms. The van der Waals surface area contributed by atoms with Gasteiger partial charge in [0, 0.05) is 29.8 Å². The van der Waals surface area contributed by atoms with Crippen LogP contribution in [0, 0.1) is 6.92 Å². The molecular weight excluding hydrogens is 366 g/mol. The maximum atomic E-state index is 12.3. The Hall–Kier alpha value is -3.94. The predicted octanol–water partition coefficient (Wildman–Crippen LogP) is 4.29. The van der Waals surface area contributed by atoms with Crippen molar-refractivity contribution in [2.24, 2.45) is 0 Å². The van der Waals surface area contributed by atoms with E-state index in [-0.39, 0.29) is 12.1 Å². The number of pyridine rings is 2. The van der Waals surface area contributed by atoms with Crippen LogP contribution in [0.25, 0.3) is 10.9 Å². The fraction of sp³-hybridized carbons (Fsp3) is 0.143. The number of H-pyrrole nitrogens is 1. The van der Waals surface area contributed by atoms with E-state index in [2.05, 4.69) is 36.1 Å². The zero-order valence-electron chi connectivity index (χ0n) is 16.1. The second-order valence-corrected chi connectivity index (χ2v) is 6.73. The van der Waals surface area contributed by atoms with Crippen LogP contribution in [0.15, 0.2) is 60.9 Å². The second kappa shape index (κ2) is 7.97. The Morgan fingerprint density at radius 2 is 1.93 bits per heavy atom. The van der Waals surface area contributed by atoms with E-state index in [1.807, 2.05) is 56.3 Å². The van der Waals surface area contributed by atoms with Crippen molar-refractivity contribution in [2.45, 2.75) is 19.9 Å². The summed E-state index contributed by atoms with van der Waals surface area (Å²) in [6, 6.07) is 14.9. The molecule has 0 aliphatic carbocycles. The van der Waals surface area contributed by atoms with Gasteiger partial charge in [0.1, 0.15) is 5.82 Å². The molecule has 0 saturated heterocycles. The highest BCUT2D eigenvalue weighted by atomic mass is 16.2. The van der Waals surface area contributed by atoms with Crippen LogP contribution < -0.4 is 16.0 Å². The van der Waals surface area contributed by atoms with Gasteiger partial charge in [0.15, 0.2) is 5.82 Å². The van der Waals surface area contributed by atoms with Crippen LogP contribution in [0.2, 0.25) is 0 Å². The highest BCUT2D eigenvalue weighted by Crippen LogP contribution is 2.25. The van der Waals surface area contributed by atoms with E-state index in [1.54, 1.807) is 18.5 Å². The minimum Gasteiger partial charge on any atom is -0.338 e. The van der Waals surface area contributed by atoms with Crippen molar-refractivity contribution < 1.29 is 4.79 Å². The van der Waals surface area contributed by atoms with E-state index in [0.717, 1.165) is 27.8 Å². The Balaban J connectivity index is 1.45. The van der Waals surface area contributed by atoms with Gasteiger partial charge in [0.05, 0.1) is 16.9 Å². The first kappa shape index (κ1) is 18.4.